The first-order valence-corrected chi connectivity index (χ1v) is 9.42. The number of amides is 2. The maximum absolute atomic E-state index is 12.9. The highest BCUT2D eigenvalue weighted by Crippen LogP contribution is 2.19. The van der Waals surface area contributed by atoms with Gasteiger partial charge in [0, 0.05) is 37.0 Å². The molecule has 0 radical (unpaired) electrons. The number of esters is 1. The number of nitrogens with one attached hydrogen (secondary N) is 3. The van der Waals surface area contributed by atoms with E-state index in [0.717, 1.165) is 16.5 Å². The number of para-hydroxylation sites is 1. The lowest BCUT2D eigenvalue weighted by Crippen LogP contribution is -2.43. The van der Waals surface area contributed by atoms with Crippen molar-refractivity contribution in [1.29, 1.82) is 0 Å². The summed E-state index contributed by atoms with van der Waals surface area (Å²) in [4.78, 5) is 39.1. The van der Waals surface area contributed by atoms with Crippen LogP contribution >= 0.6 is 0 Å². The molecule has 0 aliphatic carbocycles. The number of halogens is 1. The van der Waals surface area contributed by atoms with Crippen LogP contribution in [0.2, 0.25) is 0 Å². The molecule has 7 nitrogen and oxygen atoms in total. The average Bonchev–Trinajstić information content (AvgIpc) is 3.13. The SMILES string of the molecule is CC(=O)N[C@@H](Cc1c[nH]c2ccccc12)C(=O)OCC(=O)NCc1ccc(F)cc1. The monoisotopic (exact) mass is 411 g/mol. The van der Waals surface area contributed by atoms with E-state index in [9.17, 15) is 18.8 Å². The fourth-order valence-corrected chi connectivity index (χ4v) is 3.05. The number of H-pyrrole nitrogens is 1. The summed E-state index contributed by atoms with van der Waals surface area (Å²) in [5.74, 6) is -1.94. The number of aromatic amines is 1. The van der Waals surface area contributed by atoms with Gasteiger partial charge in [-0.1, -0.05) is 30.3 Å². The topological polar surface area (TPSA) is 100 Å². The van der Waals surface area contributed by atoms with E-state index in [2.05, 4.69) is 15.6 Å². The summed E-state index contributed by atoms with van der Waals surface area (Å²) in [7, 11) is 0. The Labute approximate surface area is 172 Å². The van der Waals surface area contributed by atoms with Gasteiger partial charge in [0.05, 0.1) is 0 Å². The van der Waals surface area contributed by atoms with Gasteiger partial charge in [-0.15, -0.1) is 0 Å². The molecule has 0 fully saturated rings. The second-order valence-electron chi connectivity index (χ2n) is 6.83. The lowest BCUT2D eigenvalue weighted by molar-refractivity contribution is -0.151. The van der Waals surface area contributed by atoms with Gasteiger partial charge < -0.3 is 20.4 Å². The van der Waals surface area contributed by atoms with E-state index < -0.39 is 24.5 Å². The van der Waals surface area contributed by atoms with Crippen molar-refractivity contribution in [3.05, 3.63) is 71.7 Å². The smallest absolute Gasteiger partial charge is 0.329 e. The van der Waals surface area contributed by atoms with Crippen molar-refractivity contribution in [1.82, 2.24) is 15.6 Å². The molecule has 3 aromatic rings. The molecule has 0 saturated heterocycles. The van der Waals surface area contributed by atoms with Crippen LogP contribution in [0.3, 0.4) is 0 Å². The molecule has 1 aromatic heterocycles. The van der Waals surface area contributed by atoms with E-state index in [0.29, 0.717) is 5.56 Å². The summed E-state index contributed by atoms with van der Waals surface area (Å²) in [5, 5.41) is 6.11. The standard InChI is InChI=1S/C22H22FN3O4/c1-14(27)26-20(10-16-12-24-19-5-3-2-4-18(16)19)22(29)30-13-21(28)25-11-15-6-8-17(23)9-7-15/h2-9,12,20,24H,10-11,13H2,1H3,(H,25,28)(H,26,27)/t20-/m0/s1. The van der Waals surface area contributed by atoms with E-state index in [4.69, 9.17) is 4.74 Å². The quantitative estimate of drug-likeness (QED) is 0.495. The molecule has 8 heteroatoms. The highest BCUT2D eigenvalue weighted by atomic mass is 19.1. The Bertz CT molecular complexity index is 1050. The summed E-state index contributed by atoms with van der Waals surface area (Å²) >= 11 is 0. The fraction of sp³-hybridized carbons (Fsp3) is 0.227. The Hall–Kier alpha value is -3.68. The first-order chi connectivity index (χ1) is 14.4. The van der Waals surface area contributed by atoms with Crippen molar-refractivity contribution in [3.63, 3.8) is 0 Å². The first kappa shape index (κ1) is 21.0. The molecule has 3 rings (SSSR count). The Morgan fingerprint density at radius 1 is 1.10 bits per heavy atom. The minimum Gasteiger partial charge on any atom is -0.454 e. The van der Waals surface area contributed by atoms with Crippen LogP contribution in [0.1, 0.15) is 18.1 Å². The summed E-state index contributed by atoms with van der Waals surface area (Å²) in [6.45, 7) is 1.01. The van der Waals surface area contributed by atoms with Crippen LogP contribution in [0, 0.1) is 5.82 Å². The lowest BCUT2D eigenvalue weighted by Gasteiger charge is -2.16. The van der Waals surface area contributed by atoms with E-state index in [1.165, 1.54) is 19.1 Å². The number of rotatable bonds is 8. The van der Waals surface area contributed by atoms with Crippen LogP contribution in [-0.2, 0) is 32.1 Å². The molecule has 2 aromatic carbocycles. The predicted octanol–water partition coefficient (Wildman–Crippen LogP) is 2.21. The van der Waals surface area contributed by atoms with E-state index in [-0.39, 0.29) is 24.7 Å². The summed E-state index contributed by atoms with van der Waals surface area (Å²) in [6.07, 6.45) is 2.00. The number of hydrogen-bond donors (Lipinski definition) is 3. The van der Waals surface area contributed by atoms with Crippen LogP contribution in [-0.4, -0.2) is 35.4 Å². The predicted molar refractivity (Wildman–Crippen MR) is 109 cm³/mol. The van der Waals surface area contributed by atoms with Crippen molar-refractivity contribution < 1.29 is 23.5 Å². The summed E-state index contributed by atoms with van der Waals surface area (Å²) in [5.41, 5.74) is 2.48. The molecule has 30 heavy (non-hydrogen) atoms. The minimum atomic E-state index is -0.924. The van der Waals surface area contributed by atoms with E-state index in [1.54, 1.807) is 18.3 Å². The van der Waals surface area contributed by atoms with Gasteiger partial charge in [0.2, 0.25) is 5.91 Å². The van der Waals surface area contributed by atoms with Crippen LogP contribution in [0.15, 0.2) is 54.7 Å². The molecular formula is C22H22FN3O4. The summed E-state index contributed by atoms with van der Waals surface area (Å²) < 4.78 is 18.0. The first-order valence-electron chi connectivity index (χ1n) is 9.42. The van der Waals surface area contributed by atoms with Gasteiger partial charge >= 0.3 is 5.97 Å². The van der Waals surface area contributed by atoms with Crippen molar-refractivity contribution in [2.75, 3.05) is 6.61 Å². The lowest BCUT2D eigenvalue weighted by atomic mass is 10.0. The van der Waals surface area contributed by atoms with Crippen molar-refractivity contribution >= 4 is 28.7 Å². The molecule has 2 amide bonds. The van der Waals surface area contributed by atoms with E-state index >= 15 is 0 Å². The minimum absolute atomic E-state index is 0.182. The molecular weight excluding hydrogens is 389 g/mol. The molecule has 0 aliphatic rings. The third-order valence-electron chi connectivity index (χ3n) is 4.51. The van der Waals surface area contributed by atoms with Crippen LogP contribution in [0.5, 0.6) is 0 Å². The zero-order valence-electron chi connectivity index (χ0n) is 16.4. The van der Waals surface area contributed by atoms with Crippen LogP contribution in [0.25, 0.3) is 10.9 Å². The van der Waals surface area contributed by atoms with Crippen molar-refractivity contribution in [3.8, 4) is 0 Å². The largest absolute Gasteiger partial charge is 0.454 e. The van der Waals surface area contributed by atoms with Gasteiger partial charge in [-0.2, -0.15) is 0 Å². The van der Waals surface area contributed by atoms with Crippen molar-refractivity contribution in [2.24, 2.45) is 0 Å². The Kier molecular flexibility index (Phi) is 6.79. The Morgan fingerprint density at radius 3 is 2.57 bits per heavy atom. The Balaban J connectivity index is 1.56. The zero-order chi connectivity index (χ0) is 21.5. The highest BCUT2D eigenvalue weighted by Gasteiger charge is 2.23. The third kappa shape index (κ3) is 5.66. The molecule has 156 valence electrons. The molecule has 3 N–H and O–H groups in total. The van der Waals surface area contributed by atoms with Crippen LogP contribution < -0.4 is 10.6 Å². The van der Waals surface area contributed by atoms with Gasteiger partial charge in [-0.3, -0.25) is 9.59 Å². The van der Waals surface area contributed by atoms with E-state index in [1.807, 2.05) is 24.3 Å². The second-order valence-corrected chi connectivity index (χ2v) is 6.83. The van der Waals surface area contributed by atoms with Gasteiger partial charge in [0.1, 0.15) is 11.9 Å². The average molecular weight is 411 g/mol. The number of hydrogen-bond acceptors (Lipinski definition) is 4. The molecule has 0 aliphatic heterocycles. The molecule has 0 bridgehead atoms. The number of carbonyl (C=O) groups is 3. The highest BCUT2D eigenvalue weighted by molar-refractivity contribution is 5.88. The van der Waals surface area contributed by atoms with Gasteiger partial charge in [-0.05, 0) is 29.3 Å². The summed E-state index contributed by atoms with van der Waals surface area (Å²) in [6, 6.07) is 12.4. The maximum atomic E-state index is 12.9. The normalized spacial score (nSPS) is 11.7. The number of benzene rings is 2. The maximum Gasteiger partial charge on any atom is 0.329 e. The Morgan fingerprint density at radius 2 is 1.83 bits per heavy atom. The number of ether oxygens (including phenoxy) is 1. The molecule has 0 spiro atoms. The number of aromatic nitrogens is 1. The van der Waals surface area contributed by atoms with Gasteiger partial charge in [0.25, 0.3) is 5.91 Å². The fourth-order valence-electron chi connectivity index (χ4n) is 3.05. The third-order valence-corrected chi connectivity index (χ3v) is 4.51. The molecule has 0 saturated carbocycles. The van der Waals surface area contributed by atoms with Gasteiger partial charge in [-0.25, -0.2) is 9.18 Å². The second kappa shape index (κ2) is 9.69. The van der Waals surface area contributed by atoms with Gasteiger partial charge in [0.15, 0.2) is 6.61 Å². The number of carbonyl (C=O) groups excluding carboxylic acids is 3. The molecule has 1 atom stereocenters. The van der Waals surface area contributed by atoms with Crippen molar-refractivity contribution in [2.45, 2.75) is 25.9 Å². The van der Waals surface area contributed by atoms with Crippen LogP contribution in [0.4, 0.5) is 4.39 Å². The number of fused-ring (bicyclic) bond motifs is 1. The molecule has 0 unspecified atom stereocenters. The zero-order valence-corrected chi connectivity index (χ0v) is 16.4. The molecule has 1 heterocycles.